The van der Waals surface area contributed by atoms with Crippen LogP contribution < -0.4 is 0 Å². The number of hydrogen-bond acceptors (Lipinski definition) is 5. The van der Waals surface area contributed by atoms with Gasteiger partial charge in [0.05, 0.1) is 5.56 Å². The van der Waals surface area contributed by atoms with Crippen molar-refractivity contribution in [3.8, 4) is 0 Å². The fourth-order valence-electron chi connectivity index (χ4n) is 1.14. The predicted octanol–water partition coefficient (Wildman–Crippen LogP) is 0.793. The van der Waals surface area contributed by atoms with Crippen molar-refractivity contribution in [1.29, 1.82) is 0 Å². The second-order valence-electron chi connectivity index (χ2n) is 2.88. The summed E-state index contributed by atoms with van der Waals surface area (Å²) in [6.07, 6.45) is 4.17. The summed E-state index contributed by atoms with van der Waals surface area (Å²) in [6.45, 7) is -0.224. The maximum Gasteiger partial charge on any atom is 0.231 e. The molecular formula is C10H8N2O3. The number of nitrogens with zero attached hydrogens (tertiary/aromatic N) is 2. The SMILES string of the molecule is O=C(c1cncnc1)c1ccc(CO)o1. The van der Waals surface area contributed by atoms with Crippen LogP contribution in [0.5, 0.6) is 0 Å². The van der Waals surface area contributed by atoms with Crippen LogP contribution in [0.1, 0.15) is 21.9 Å². The molecule has 0 aliphatic carbocycles. The Kier molecular flexibility index (Phi) is 2.55. The highest BCUT2D eigenvalue weighted by molar-refractivity contribution is 6.06. The number of aliphatic hydroxyl groups excluding tert-OH is 1. The molecule has 0 aromatic carbocycles. The molecule has 0 aliphatic heterocycles. The van der Waals surface area contributed by atoms with E-state index in [-0.39, 0.29) is 18.2 Å². The molecule has 15 heavy (non-hydrogen) atoms. The van der Waals surface area contributed by atoms with E-state index in [0.717, 1.165) is 0 Å². The average molecular weight is 204 g/mol. The first kappa shape index (κ1) is 9.54. The minimum Gasteiger partial charge on any atom is -0.455 e. The summed E-state index contributed by atoms with van der Waals surface area (Å²) in [6, 6.07) is 3.07. The van der Waals surface area contributed by atoms with E-state index in [1.54, 1.807) is 6.07 Å². The number of rotatable bonds is 3. The zero-order valence-corrected chi connectivity index (χ0v) is 7.75. The fraction of sp³-hybridized carbons (Fsp3) is 0.100. The Morgan fingerprint density at radius 3 is 2.67 bits per heavy atom. The Labute approximate surface area is 85.4 Å². The number of hydrogen-bond donors (Lipinski definition) is 1. The number of ketones is 1. The summed E-state index contributed by atoms with van der Waals surface area (Å²) in [5, 5.41) is 8.77. The summed E-state index contributed by atoms with van der Waals surface area (Å²) in [7, 11) is 0. The topological polar surface area (TPSA) is 76.2 Å². The molecule has 76 valence electrons. The average Bonchev–Trinajstić information content (AvgIpc) is 2.78. The van der Waals surface area contributed by atoms with Gasteiger partial charge in [0.15, 0.2) is 5.76 Å². The molecule has 2 aromatic rings. The van der Waals surface area contributed by atoms with Crippen molar-refractivity contribution in [3.63, 3.8) is 0 Å². The van der Waals surface area contributed by atoms with E-state index >= 15 is 0 Å². The van der Waals surface area contributed by atoms with E-state index in [0.29, 0.717) is 11.3 Å². The third kappa shape index (κ3) is 1.92. The Hall–Kier alpha value is -2.01. The first-order valence-electron chi connectivity index (χ1n) is 4.30. The van der Waals surface area contributed by atoms with Crippen LogP contribution in [0.15, 0.2) is 35.3 Å². The lowest BCUT2D eigenvalue weighted by Crippen LogP contribution is -2.00. The van der Waals surface area contributed by atoms with Gasteiger partial charge >= 0.3 is 0 Å². The molecule has 0 radical (unpaired) electrons. The van der Waals surface area contributed by atoms with Crippen LogP contribution in [0, 0.1) is 0 Å². The van der Waals surface area contributed by atoms with Crippen LogP contribution >= 0.6 is 0 Å². The molecule has 2 aromatic heterocycles. The quantitative estimate of drug-likeness (QED) is 0.748. The number of carbonyl (C=O) groups excluding carboxylic acids is 1. The highest BCUT2D eigenvalue weighted by Gasteiger charge is 2.13. The molecule has 0 saturated carbocycles. The summed E-state index contributed by atoms with van der Waals surface area (Å²) in [5.74, 6) is 0.236. The van der Waals surface area contributed by atoms with Gasteiger partial charge in [-0.25, -0.2) is 9.97 Å². The zero-order valence-electron chi connectivity index (χ0n) is 7.75. The highest BCUT2D eigenvalue weighted by atomic mass is 16.4. The van der Waals surface area contributed by atoms with E-state index in [2.05, 4.69) is 9.97 Å². The molecule has 0 aliphatic rings. The monoisotopic (exact) mass is 204 g/mol. The largest absolute Gasteiger partial charge is 0.455 e. The number of carbonyl (C=O) groups is 1. The van der Waals surface area contributed by atoms with Gasteiger partial charge in [-0.1, -0.05) is 0 Å². The Morgan fingerprint density at radius 1 is 1.33 bits per heavy atom. The lowest BCUT2D eigenvalue weighted by atomic mass is 10.2. The fourth-order valence-corrected chi connectivity index (χ4v) is 1.14. The third-order valence-corrected chi connectivity index (χ3v) is 1.86. The second kappa shape index (κ2) is 4.02. The minimum atomic E-state index is -0.296. The van der Waals surface area contributed by atoms with Crippen molar-refractivity contribution >= 4 is 5.78 Å². The van der Waals surface area contributed by atoms with Crippen molar-refractivity contribution < 1.29 is 14.3 Å². The molecule has 0 fully saturated rings. The summed E-state index contributed by atoms with van der Waals surface area (Å²) in [4.78, 5) is 19.2. The van der Waals surface area contributed by atoms with Crippen molar-refractivity contribution in [3.05, 3.63) is 47.9 Å². The van der Waals surface area contributed by atoms with Crippen LogP contribution in [0.2, 0.25) is 0 Å². The van der Waals surface area contributed by atoms with Crippen LogP contribution in [0.25, 0.3) is 0 Å². The number of furan rings is 1. The van der Waals surface area contributed by atoms with Crippen LogP contribution in [0.4, 0.5) is 0 Å². The minimum absolute atomic E-state index is 0.175. The Morgan fingerprint density at radius 2 is 2.07 bits per heavy atom. The molecule has 0 atom stereocenters. The van der Waals surface area contributed by atoms with Gasteiger partial charge in [-0.2, -0.15) is 0 Å². The lowest BCUT2D eigenvalue weighted by Gasteiger charge is -1.95. The number of aromatic nitrogens is 2. The van der Waals surface area contributed by atoms with Crippen molar-refractivity contribution in [1.82, 2.24) is 9.97 Å². The van der Waals surface area contributed by atoms with Gasteiger partial charge in [-0.3, -0.25) is 4.79 Å². The number of aliphatic hydroxyl groups is 1. The van der Waals surface area contributed by atoms with Gasteiger partial charge in [-0.05, 0) is 12.1 Å². The molecule has 0 amide bonds. The van der Waals surface area contributed by atoms with E-state index in [4.69, 9.17) is 9.52 Å². The predicted molar refractivity (Wildman–Crippen MR) is 50.1 cm³/mol. The normalized spacial score (nSPS) is 10.2. The first-order chi connectivity index (χ1) is 7.31. The zero-order chi connectivity index (χ0) is 10.7. The summed E-state index contributed by atoms with van der Waals surface area (Å²) in [5.41, 5.74) is 0.358. The first-order valence-corrected chi connectivity index (χ1v) is 4.30. The molecule has 5 nitrogen and oxygen atoms in total. The second-order valence-corrected chi connectivity index (χ2v) is 2.88. The molecule has 2 rings (SSSR count). The van der Waals surface area contributed by atoms with Gasteiger partial charge in [-0.15, -0.1) is 0 Å². The third-order valence-electron chi connectivity index (χ3n) is 1.86. The van der Waals surface area contributed by atoms with E-state index < -0.39 is 0 Å². The molecule has 5 heteroatoms. The molecule has 0 saturated heterocycles. The van der Waals surface area contributed by atoms with Gasteiger partial charge < -0.3 is 9.52 Å². The van der Waals surface area contributed by atoms with Gasteiger partial charge in [0.2, 0.25) is 5.78 Å². The molecular weight excluding hydrogens is 196 g/mol. The van der Waals surface area contributed by atoms with Crippen molar-refractivity contribution in [2.45, 2.75) is 6.61 Å². The molecule has 0 bridgehead atoms. The lowest BCUT2D eigenvalue weighted by molar-refractivity contribution is 0.100. The van der Waals surface area contributed by atoms with Gasteiger partial charge in [0.25, 0.3) is 0 Å². The molecule has 0 unspecified atom stereocenters. The molecule has 0 spiro atoms. The smallest absolute Gasteiger partial charge is 0.231 e. The van der Waals surface area contributed by atoms with Crippen molar-refractivity contribution in [2.24, 2.45) is 0 Å². The van der Waals surface area contributed by atoms with E-state index in [1.165, 1.54) is 24.8 Å². The maximum absolute atomic E-state index is 11.7. The van der Waals surface area contributed by atoms with E-state index in [9.17, 15) is 4.79 Å². The maximum atomic E-state index is 11.7. The summed E-state index contributed by atoms with van der Waals surface area (Å²) < 4.78 is 5.09. The van der Waals surface area contributed by atoms with Crippen LogP contribution in [-0.2, 0) is 6.61 Å². The Bertz CT molecular complexity index is 465. The van der Waals surface area contributed by atoms with Gasteiger partial charge in [0, 0.05) is 12.4 Å². The van der Waals surface area contributed by atoms with Gasteiger partial charge in [0.1, 0.15) is 18.7 Å². The standard InChI is InChI=1S/C10H8N2O3/c13-5-8-1-2-9(15-8)10(14)7-3-11-6-12-4-7/h1-4,6,13H,5H2. The Balaban J connectivity index is 2.29. The molecule has 1 N–H and O–H groups in total. The summed E-state index contributed by atoms with van der Waals surface area (Å²) >= 11 is 0. The van der Waals surface area contributed by atoms with E-state index in [1.807, 2.05) is 0 Å². The van der Waals surface area contributed by atoms with Crippen LogP contribution in [0.3, 0.4) is 0 Å². The van der Waals surface area contributed by atoms with Crippen LogP contribution in [-0.4, -0.2) is 20.9 Å². The molecule has 2 heterocycles. The van der Waals surface area contributed by atoms with Crippen molar-refractivity contribution in [2.75, 3.05) is 0 Å². The highest BCUT2D eigenvalue weighted by Crippen LogP contribution is 2.12.